The smallest absolute Gasteiger partial charge is 0.224 e. The van der Waals surface area contributed by atoms with Gasteiger partial charge in [-0.15, -0.1) is 0 Å². The van der Waals surface area contributed by atoms with Crippen LogP contribution in [0.15, 0.2) is 97.2 Å². The summed E-state index contributed by atoms with van der Waals surface area (Å²) in [5, 5.41) is 2.98. The number of fused-ring (bicyclic) bond motifs is 1. The van der Waals surface area contributed by atoms with E-state index in [2.05, 4.69) is 71.4 Å². The second kappa shape index (κ2) is 9.85. The number of aromatic nitrogens is 2. The van der Waals surface area contributed by atoms with E-state index >= 15 is 0 Å². The van der Waals surface area contributed by atoms with Gasteiger partial charge in [0, 0.05) is 23.9 Å². The Labute approximate surface area is 205 Å². The van der Waals surface area contributed by atoms with Crippen molar-refractivity contribution >= 4 is 17.2 Å². The molecule has 0 fully saturated rings. The van der Waals surface area contributed by atoms with Gasteiger partial charge >= 0.3 is 0 Å². The van der Waals surface area contributed by atoms with Crippen LogP contribution < -0.4 is 10.1 Å². The summed E-state index contributed by atoms with van der Waals surface area (Å²) in [5.41, 5.74) is 8.11. The normalized spacial score (nSPS) is 10.9. The third-order valence-electron chi connectivity index (χ3n) is 6.18. The molecule has 0 saturated carbocycles. The van der Waals surface area contributed by atoms with Crippen LogP contribution in [0.2, 0.25) is 0 Å². The fourth-order valence-electron chi connectivity index (χ4n) is 4.35. The van der Waals surface area contributed by atoms with Crippen molar-refractivity contribution < 1.29 is 9.53 Å². The number of rotatable bonds is 7. The molecule has 5 heteroatoms. The van der Waals surface area contributed by atoms with Crippen LogP contribution in [0.5, 0.6) is 5.75 Å². The fraction of sp³-hybridized carbons (Fsp3) is 0.133. The Bertz CT molecular complexity index is 1470. The first-order valence-corrected chi connectivity index (χ1v) is 11.7. The van der Waals surface area contributed by atoms with E-state index in [0.717, 1.165) is 39.6 Å². The number of hydrogen-bond acceptors (Lipinski definition) is 3. The Morgan fingerprint density at radius 3 is 2.37 bits per heavy atom. The first kappa shape index (κ1) is 22.4. The van der Waals surface area contributed by atoms with Crippen LogP contribution in [0, 0.1) is 6.92 Å². The molecular formula is C30H27N3O2. The van der Waals surface area contributed by atoms with E-state index in [0.29, 0.717) is 12.8 Å². The second-order valence-corrected chi connectivity index (χ2v) is 8.51. The molecule has 174 valence electrons. The monoisotopic (exact) mass is 461 g/mol. The van der Waals surface area contributed by atoms with Gasteiger partial charge in [-0.05, 0) is 66.4 Å². The summed E-state index contributed by atoms with van der Waals surface area (Å²) >= 11 is 0. The van der Waals surface area contributed by atoms with Crippen molar-refractivity contribution in [2.24, 2.45) is 0 Å². The summed E-state index contributed by atoms with van der Waals surface area (Å²) < 4.78 is 7.32. The van der Waals surface area contributed by atoms with E-state index < -0.39 is 0 Å². The van der Waals surface area contributed by atoms with Crippen molar-refractivity contribution in [1.29, 1.82) is 0 Å². The molecule has 0 aliphatic rings. The van der Waals surface area contributed by atoms with E-state index in [4.69, 9.17) is 9.72 Å². The van der Waals surface area contributed by atoms with E-state index in [9.17, 15) is 4.79 Å². The second-order valence-electron chi connectivity index (χ2n) is 8.51. The average Bonchev–Trinajstić information content (AvgIpc) is 3.26. The van der Waals surface area contributed by atoms with Gasteiger partial charge in [0.2, 0.25) is 5.91 Å². The molecule has 0 unspecified atom stereocenters. The van der Waals surface area contributed by atoms with Crippen LogP contribution in [-0.2, 0) is 11.2 Å². The van der Waals surface area contributed by atoms with Crippen LogP contribution in [0.4, 0.5) is 5.69 Å². The lowest BCUT2D eigenvalue weighted by Crippen LogP contribution is -2.13. The van der Waals surface area contributed by atoms with Gasteiger partial charge in [-0.2, -0.15) is 0 Å². The minimum atomic E-state index is -0.0424. The Morgan fingerprint density at radius 1 is 0.886 bits per heavy atom. The maximum absolute atomic E-state index is 12.8. The first-order valence-electron chi connectivity index (χ1n) is 11.7. The third-order valence-corrected chi connectivity index (χ3v) is 6.18. The van der Waals surface area contributed by atoms with Gasteiger partial charge in [0.05, 0.1) is 18.5 Å². The molecule has 35 heavy (non-hydrogen) atoms. The van der Waals surface area contributed by atoms with Crippen LogP contribution >= 0.6 is 0 Å². The van der Waals surface area contributed by atoms with E-state index in [1.807, 2.05) is 42.5 Å². The van der Waals surface area contributed by atoms with Crippen molar-refractivity contribution in [2.75, 3.05) is 12.4 Å². The zero-order valence-electron chi connectivity index (χ0n) is 19.9. The Morgan fingerprint density at radius 2 is 1.63 bits per heavy atom. The van der Waals surface area contributed by atoms with Gasteiger partial charge in [0.1, 0.15) is 11.4 Å². The summed E-state index contributed by atoms with van der Waals surface area (Å²) in [7, 11) is 1.62. The predicted molar refractivity (Wildman–Crippen MR) is 141 cm³/mol. The maximum atomic E-state index is 12.8. The topological polar surface area (TPSA) is 55.6 Å². The number of pyridine rings is 1. The number of ether oxygens (including phenoxy) is 1. The van der Waals surface area contributed by atoms with Crippen LogP contribution in [-0.4, -0.2) is 22.4 Å². The molecule has 0 atom stereocenters. The van der Waals surface area contributed by atoms with Gasteiger partial charge in [-0.25, -0.2) is 4.98 Å². The number of anilines is 1. The number of benzene rings is 3. The van der Waals surface area contributed by atoms with Crippen molar-refractivity contribution in [3.05, 3.63) is 108 Å². The molecule has 5 aromatic rings. The molecule has 2 heterocycles. The number of aryl methyl sites for hydroxylation is 2. The number of imidazole rings is 1. The SMILES string of the molecule is COc1ccc(NC(=O)CCc2c(-c3ccccc3)nc3ccc(-c4ccccc4C)cn23)cc1. The molecule has 3 aromatic carbocycles. The molecule has 0 aliphatic carbocycles. The molecule has 1 N–H and O–H groups in total. The molecule has 0 saturated heterocycles. The van der Waals surface area contributed by atoms with Gasteiger partial charge < -0.3 is 14.5 Å². The minimum absolute atomic E-state index is 0.0424. The minimum Gasteiger partial charge on any atom is -0.497 e. The lowest BCUT2D eigenvalue weighted by molar-refractivity contribution is -0.116. The standard InChI is InChI=1S/C30H27N3O2/c1-21-8-6-7-11-26(21)23-12-18-28-32-30(22-9-4-3-5-10-22)27(33(28)20-23)17-19-29(34)31-24-13-15-25(35-2)16-14-24/h3-16,18,20H,17,19H2,1-2H3,(H,31,34). The lowest BCUT2D eigenvalue weighted by Gasteiger charge is -2.10. The van der Waals surface area contributed by atoms with E-state index in [1.165, 1.54) is 11.1 Å². The summed E-state index contributed by atoms with van der Waals surface area (Å²) in [6.45, 7) is 2.12. The number of amides is 1. The van der Waals surface area contributed by atoms with Crippen LogP contribution in [0.25, 0.3) is 28.0 Å². The summed E-state index contributed by atoms with van der Waals surface area (Å²) in [4.78, 5) is 17.7. The molecule has 1 amide bonds. The molecule has 0 radical (unpaired) electrons. The number of nitrogens with zero attached hydrogens (tertiary/aromatic N) is 2. The number of methoxy groups -OCH3 is 1. The molecule has 2 aromatic heterocycles. The summed E-state index contributed by atoms with van der Waals surface area (Å²) in [6.07, 6.45) is 3.03. The number of carbonyl (C=O) groups excluding carboxylic acids is 1. The highest BCUT2D eigenvalue weighted by Crippen LogP contribution is 2.29. The van der Waals surface area contributed by atoms with Gasteiger partial charge in [0.15, 0.2) is 0 Å². The molecule has 5 nitrogen and oxygen atoms in total. The van der Waals surface area contributed by atoms with Gasteiger partial charge in [-0.1, -0.05) is 54.6 Å². The quantitative estimate of drug-likeness (QED) is 0.299. The Kier molecular flexibility index (Phi) is 6.31. The van der Waals surface area contributed by atoms with Gasteiger partial charge in [-0.3, -0.25) is 4.79 Å². The Hall–Kier alpha value is -4.38. The highest BCUT2D eigenvalue weighted by molar-refractivity contribution is 5.91. The van der Waals surface area contributed by atoms with E-state index in [-0.39, 0.29) is 5.91 Å². The van der Waals surface area contributed by atoms with Crippen molar-refractivity contribution in [1.82, 2.24) is 9.38 Å². The average molecular weight is 462 g/mol. The summed E-state index contributed by atoms with van der Waals surface area (Å²) in [5.74, 6) is 0.713. The van der Waals surface area contributed by atoms with Crippen molar-refractivity contribution in [3.8, 4) is 28.1 Å². The lowest BCUT2D eigenvalue weighted by atomic mass is 10.0. The zero-order chi connectivity index (χ0) is 24.2. The maximum Gasteiger partial charge on any atom is 0.224 e. The number of nitrogens with one attached hydrogen (secondary N) is 1. The van der Waals surface area contributed by atoms with Gasteiger partial charge in [0.25, 0.3) is 0 Å². The molecular weight excluding hydrogens is 434 g/mol. The molecule has 0 aliphatic heterocycles. The molecule has 0 bridgehead atoms. The number of hydrogen-bond donors (Lipinski definition) is 1. The highest BCUT2D eigenvalue weighted by atomic mass is 16.5. The first-order chi connectivity index (χ1) is 17.1. The van der Waals surface area contributed by atoms with Crippen LogP contribution in [0.3, 0.4) is 0 Å². The summed E-state index contributed by atoms with van der Waals surface area (Å²) in [6, 6.07) is 30.0. The molecule has 0 spiro atoms. The van der Waals surface area contributed by atoms with Crippen LogP contribution in [0.1, 0.15) is 17.7 Å². The largest absolute Gasteiger partial charge is 0.497 e. The predicted octanol–water partition coefficient (Wildman–Crippen LogP) is 6.56. The number of carbonyl (C=O) groups is 1. The fourth-order valence-corrected chi connectivity index (χ4v) is 4.35. The van der Waals surface area contributed by atoms with E-state index in [1.54, 1.807) is 7.11 Å². The van der Waals surface area contributed by atoms with Crippen molar-refractivity contribution in [3.63, 3.8) is 0 Å². The molecule has 5 rings (SSSR count). The zero-order valence-corrected chi connectivity index (χ0v) is 19.9. The van der Waals surface area contributed by atoms with Crippen molar-refractivity contribution in [2.45, 2.75) is 19.8 Å². The Balaban J connectivity index is 1.48. The third kappa shape index (κ3) is 4.80. The highest BCUT2D eigenvalue weighted by Gasteiger charge is 2.16.